The zero-order chi connectivity index (χ0) is 12.7. The third-order valence-corrected chi connectivity index (χ3v) is 4.32. The average Bonchev–Trinajstić information content (AvgIpc) is 2.90. The van der Waals surface area contributed by atoms with Crippen LogP contribution in [0.3, 0.4) is 0 Å². The van der Waals surface area contributed by atoms with Crippen LogP contribution in [0.15, 0.2) is 30.4 Å². The molecule has 0 aromatic heterocycles. The summed E-state index contributed by atoms with van der Waals surface area (Å²) in [4.78, 5) is 12.1. The van der Waals surface area contributed by atoms with Crippen molar-refractivity contribution in [1.29, 1.82) is 0 Å². The van der Waals surface area contributed by atoms with E-state index in [0.717, 1.165) is 6.42 Å². The highest BCUT2D eigenvalue weighted by Crippen LogP contribution is 2.39. The molecule has 1 amide bonds. The number of halogens is 2. The summed E-state index contributed by atoms with van der Waals surface area (Å²) in [5.74, 6) is 1.02. The highest BCUT2D eigenvalue weighted by atomic mass is 35.5. The van der Waals surface area contributed by atoms with Gasteiger partial charge in [-0.05, 0) is 42.9 Å². The van der Waals surface area contributed by atoms with Crippen molar-refractivity contribution in [2.45, 2.75) is 18.9 Å². The summed E-state index contributed by atoms with van der Waals surface area (Å²) in [6, 6.07) is 5.20. The van der Waals surface area contributed by atoms with Gasteiger partial charge in [-0.25, -0.2) is 0 Å². The van der Waals surface area contributed by atoms with Crippen molar-refractivity contribution in [3.8, 4) is 0 Å². The Balaban J connectivity index is 1.73. The number of carbonyl (C=O) groups is 1. The number of amides is 1. The lowest BCUT2D eigenvalue weighted by Crippen LogP contribution is -2.37. The third kappa shape index (κ3) is 2.15. The Labute approximate surface area is 116 Å². The van der Waals surface area contributed by atoms with E-state index in [2.05, 4.69) is 17.5 Å². The Bertz CT molecular complexity index is 527. The highest BCUT2D eigenvalue weighted by molar-refractivity contribution is 6.36. The quantitative estimate of drug-likeness (QED) is 0.823. The summed E-state index contributed by atoms with van der Waals surface area (Å²) in [5.41, 5.74) is 0.493. The molecule has 0 aliphatic heterocycles. The van der Waals surface area contributed by atoms with Crippen LogP contribution < -0.4 is 5.32 Å². The van der Waals surface area contributed by atoms with Gasteiger partial charge in [0.2, 0.25) is 0 Å². The molecule has 1 fully saturated rings. The molecule has 2 aliphatic carbocycles. The van der Waals surface area contributed by atoms with Crippen molar-refractivity contribution >= 4 is 29.1 Å². The van der Waals surface area contributed by atoms with Gasteiger partial charge in [-0.15, -0.1) is 0 Å². The molecule has 1 aromatic carbocycles. The SMILES string of the molecule is O=C(NC1CC2C=CC1C2)c1ccc(Cl)cc1Cl. The van der Waals surface area contributed by atoms with E-state index in [9.17, 15) is 4.79 Å². The second kappa shape index (κ2) is 4.60. The summed E-state index contributed by atoms with van der Waals surface area (Å²) in [6.45, 7) is 0. The van der Waals surface area contributed by atoms with Gasteiger partial charge >= 0.3 is 0 Å². The van der Waals surface area contributed by atoms with Crippen LogP contribution in [-0.4, -0.2) is 11.9 Å². The number of rotatable bonds is 2. The summed E-state index contributed by atoms with van der Waals surface area (Å²) in [7, 11) is 0. The molecule has 0 spiro atoms. The lowest BCUT2D eigenvalue weighted by atomic mass is 10.0. The fourth-order valence-corrected chi connectivity index (χ4v) is 3.36. The lowest BCUT2D eigenvalue weighted by molar-refractivity contribution is 0.0931. The molecular weight excluding hydrogens is 269 g/mol. The first-order chi connectivity index (χ1) is 8.63. The van der Waals surface area contributed by atoms with Gasteiger partial charge in [0.15, 0.2) is 0 Å². The average molecular weight is 282 g/mol. The van der Waals surface area contributed by atoms with E-state index in [1.54, 1.807) is 18.2 Å². The van der Waals surface area contributed by atoms with Crippen LogP contribution in [0.4, 0.5) is 0 Å². The van der Waals surface area contributed by atoms with Crippen LogP contribution in [-0.2, 0) is 0 Å². The van der Waals surface area contributed by atoms with Crippen LogP contribution in [0.25, 0.3) is 0 Å². The van der Waals surface area contributed by atoms with Gasteiger partial charge in [0.1, 0.15) is 0 Å². The summed E-state index contributed by atoms with van der Waals surface area (Å²) in [5, 5.41) is 4.01. The Morgan fingerprint density at radius 2 is 2.06 bits per heavy atom. The number of hydrogen-bond donors (Lipinski definition) is 1. The van der Waals surface area contributed by atoms with Gasteiger partial charge in [-0.2, -0.15) is 0 Å². The Hall–Kier alpha value is -0.990. The van der Waals surface area contributed by atoms with Gasteiger partial charge in [0.05, 0.1) is 10.6 Å². The Morgan fingerprint density at radius 1 is 1.22 bits per heavy atom. The molecule has 0 heterocycles. The monoisotopic (exact) mass is 281 g/mol. The van der Waals surface area contributed by atoms with E-state index >= 15 is 0 Å². The predicted octanol–water partition coefficient (Wildman–Crippen LogP) is 3.69. The molecule has 2 bridgehead atoms. The molecule has 4 heteroatoms. The van der Waals surface area contributed by atoms with E-state index < -0.39 is 0 Å². The summed E-state index contributed by atoms with van der Waals surface area (Å²) < 4.78 is 0. The molecule has 18 heavy (non-hydrogen) atoms. The third-order valence-electron chi connectivity index (χ3n) is 3.77. The minimum Gasteiger partial charge on any atom is -0.349 e. The van der Waals surface area contributed by atoms with E-state index in [1.165, 1.54) is 6.42 Å². The van der Waals surface area contributed by atoms with E-state index in [1.807, 2.05) is 0 Å². The molecule has 2 aliphatic rings. The van der Waals surface area contributed by atoms with E-state index in [0.29, 0.717) is 27.4 Å². The number of carbonyl (C=O) groups excluding carboxylic acids is 1. The van der Waals surface area contributed by atoms with Crippen molar-refractivity contribution in [3.63, 3.8) is 0 Å². The normalized spacial score (nSPS) is 28.7. The first-order valence-corrected chi connectivity index (χ1v) is 6.83. The van der Waals surface area contributed by atoms with Crippen LogP contribution in [0.2, 0.25) is 10.0 Å². The smallest absolute Gasteiger partial charge is 0.253 e. The summed E-state index contributed by atoms with van der Waals surface area (Å²) >= 11 is 11.8. The van der Waals surface area contributed by atoms with Crippen LogP contribution in [0, 0.1) is 11.8 Å². The van der Waals surface area contributed by atoms with E-state index in [-0.39, 0.29) is 11.9 Å². The Kier molecular flexibility index (Phi) is 3.08. The van der Waals surface area contributed by atoms with Gasteiger partial charge in [-0.1, -0.05) is 35.4 Å². The summed E-state index contributed by atoms with van der Waals surface area (Å²) in [6.07, 6.45) is 6.67. The molecule has 1 N–H and O–H groups in total. The van der Waals surface area contributed by atoms with Crippen LogP contribution in [0.5, 0.6) is 0 Å². The van der Waals surface area contributed by atoms with Crippen LogP contribution in [0.1, 0.15) is 23.2 Å². The van der Waals surface area contributed by atoms with E-state index in [4.69, 9.17) is 23.2 Å². The number of allylic oxidation sites excluding steroid dienone is 1. The first kappa shape index (κ1) is 12.1. The van der Waals surface area contributed by atoms with Crippen molar-refractivity contribution in [3.05, 3.63) is 46.0 Å². The van der Waals surface area contributed by atoms with Crippen molar-refractivity contribution < 1.29 is 4.79 Å². The van der Waals surface area contributed by atoms with Gasteiger partial charge in [0.25, 0.3) is 5.91 Å². The second-order valence-electron chi connectivity index (χ2n) is 4.98. The van der Waals surface area contributed by atoms with Crippen molar-refractivity contribution in [2.75, 3.05) is 0 Å². The minimum atomic E-state index is -0.109. The van der Waals surface area contributed by atoms with Crippen LogP contribution >= 0.6 is 23.2 Å². The maximum atomic E-state index is 12.1. The number of fused-ring (bicyclic) bond motifs is 2. The van der Waals surface area contributed by atoms with Gasteiger partial charge in [-0.3, -0.25) is 4.79 Å². The number of nitrogens with one attached hydrogen (secondary N) is 1. The number of hydrogen-bond acceptors (Lipinski definition) is 1. The fourth-order valence-electron chi connectivity index (χ4n) is 2.87. The maximum absolute atomic E-state index is 12.1. The highest BCUT2D eigenvalue weighted by Gasteiger charge is 2.36. The Morgan fingerprint density at radius 3 is 2.67 bits per heavy atom. The molecule has 0 saturated heterocycles. The zero-order valence-electron chi connectivity index (χ0n) is 9.70. The predicted molar refractivity (Wildman–Crippen MR) is 73.1 cm³/mol. The zero-order valence-corrected chi connectivity index (χ0v) is 11.2. The van der Waals surface area contributed by atoms with Gasteiger partial charge < -0.3 is 5.32 Å². The first-order valence-electron chi connectivity index (χ1n) is 6.08. The molecule has 3 atom stereocenters. The molecule has 3 unspecified atom stereocenters. The standard InChI is InChI=1S/C14H13Cl2NO/c15-10-3-4-11(12(16)7-10)14(18)17-13-6-8-1-2-9(13)5-8/h1-4,7-9,13H,5-6H2,(H,17,18). The molecule has 0 radical (unpaired) electrons. The molecule has 1 aromatic rings. The topological polar surface area (TPSA) is 29.1 Å². The van der Waals surface area contributed by atoms with Gasteiger partial charge in [0, 0.05) is 11.1 Å². The molecule has 1 saturated carbocycles. The van der Waals surface area contributed by atoms with Crippen molar-refractivity contribution in [2.24, 2.45) is 11.8 Å². The molecule has 3 rings (SSSR count). The molecule has 2 nitrogen and oxygen atoms in total. The molecule has 94 valence electrons. The largest absolute Gasteiger partial charge is 0.349 e. The lowest BCUT2D eigenvalue weighted by Gasteiger charge is -2.20. The molecular formula is C14H13Cl2NO. The fraction of sp³-hybridized carbons (Fsp3) is 0.357. The second-order valence-corrected chi connectivity index (χ2v) is 5.83. The number of benzene rings is 1. The minimum absolute atomic E-state index is 0.109. The maximum Gasteiger partial charge on any atom is 0.253 e. The van der Waals surface area contributed by atoms with Crippen molar-refractivity contribution in [1.82, 2.24) is 5.32 Å².